The van der Waals surface area contributed by atoms with E-state index in [-0.39, 0.29) is 6.09 Å². The van der Waals surface area contributed by atoms with E-state index in [1.165, 1.54) is 5.56 Å². The molecule has 6 rings (SSSR count). The van der Waals surface area contributed by atoms with Gasteiger partial charge in [0.15, 0.2) is 0 Å². The van der Waals surface area contributed by atoms with Gasteiger partial charge in [0.25, 0.3) is 0 Å². The number of aryl methyl sites for hydroxylation is 2. The number of rotatable bonds is 3. The number of nitrogens with zero attached hydrogens (tertiary/aromatic N) is 5. The number of hydrogen-bond donors (Lipinski definition) is 1. The molecule has 5 heterocycles. The molecule has 3 aliphatic heterocycles. The van der Waals surface area contributed by atoms with E-state index in [0.717, 1.165) is 85.0 Å². The number of benzene rings is 1. The number of hydrogen-bond acceptors (Lipinski definition) is 7. The van der Waals surface area contributed by atoms with Crippen LogP contribution in [0.25, 0.3) is 11.1 Å². The number of amides is 1. The Labute approximate surface area is 236 Å². The number of anilines is 2. The average molecular weight is 545 g/mol. The number of fused-ring (bicyclic) bond motifs is 2. The summed E-state index contributed by atoms with van der Waals surface area (Å²) < 4.78 is 13.8. The lowest BCUT2D eigenvalue weighted by Crippen LogP contribution is -2.43. The van der Waals surface area contributed by atoms with Crippen LogP contribution in [0.15, 0.2) is 36.8 Å². The Hall–Kier alpha value is -3.59. The third-order valence-corrected chi connectivity index (χ3v) is 8.31. The van der Waals surface area contributed by atoms with Crippen LogP contribution < -0.4 is 10.1 Å². The van der Waals surface area contributed by atoms with Gasteiger partial charge in [-0.25, -0.2) is 9.78 Å². The molecular weight excluding hydrogens is 504 g/mol. The quantitative estimate of drug-likeness (QED) is 0.458. The monoisotopic (exact) mass is 544 g/mol. The van der Waals surface area contributed by atoms with Crippen LogP contribution in [-0.2, 0) is 18.4 Å². The van der Waals surface area contributed by atoms with Gasteiger partial charge in [0.1, 0.15) is 23.8 Å². The third kappa shape index (κ3) is 5.39. The van der Waals surface area contributed by atoms with Crippen LogP contribution in [0.3, 0.4) is 0 Å². The van der Waals surface area contributed by atoms with Crippen molar-refractivity contribution in [3.05, 3.63) is 53.5 Å². The Bertz CT molecular complexity index is 1400. The highest BCUT2D eigenvalue weighted by molar-refractivity contribution is 5.77. The maximum absolute atomic E-state index is 12.5. The molecule has 0 aliphatic carbocycles. The lowest BCUT2D eigenvalue weighted by molar-refractivity contribution is 0.0276. The minimum atomic E-state index is -0.459. The minimum Gasteiger partial charge on any atom is -0.486 e. The van der Waals surface area contributed by atoms with E-state index in [0.29, 0.717) is 18.6 Å². The summed E-state index contributed by atoms with van der Waals surface area (Å²) in [5.41, 5.74) is 6.19. The molecule has 1 atom stereocenters. The molecule has 0 spiro atoms. The smallest absolute Gasteiger partial charge is 0.410 e. The maximum atomic E-state index is 12.5. The van der Waals surface area contributed by atoms with Gasteiger partial charge in [-0.3, -0.25) is 9.58 Å². The van der Waals surface area contributed by atoms with Crippen molar-refractivity contribution in [1.29, 1.82) is 0 Å². The molecule has 1 aromatic carbocycles. The third-order valence-electron chi connectivity index (χ3n) is 8.31. The number of piperidine rings is 1. The molecule has 9 nitrogen and oxygen atoms in total. The molecule has 2 aromatic heterocycles. The number of ether oxygens (including phenoxy) is 2. The summed E-state index contributed by atoms with van der Waals surface area (Å²) in [6, 6.07) is 7.00. The second-order valence-electron chi connectivity index (χ2n) is 12.4. The summed E-state index contributed by atoms with van der Waals surface area (Å²) >= 11 is 0. The van der Waals surface area contributed by atoms with Gasteiger partial charge in [-0.1, -0.05) is 6.07 Å². The second-order valence-corrected chi connectivity index (χ2v) is 12.4. The molecule has 0 saturated carbocycles. The first kappa shape index (κ1) is 26.6. The second kappa shape index (κ2) is 10.4. The summed E-state index contributed by atoms with van der Waals surface area (Å²) in [6.45, 7) is 12.0. The molecule has 1 N–H and O–H groups in total. The highest BCUT2D eigenvalue weighted by Gasteiger charge is 2.35. The van der Waals surface area contributed by atoms with Gasteiger partial charge in [-0.15, -0.1) is 0 Å². The summed E-state index contributed by atoms with van der Waals surface area (Å²) in [5.74, 6) is 2.22. The van der Waals surface area contributed by atoms with Crippen molar-refractivity contribution in [3.63, 3.8) is 0 Å². The number of pyridine rings is 1. The molecule has 9 heteroatoms. The zero-order valence-electron chi connectivity index (χ0n) is 24.2. The average Bonchev–Trinajstić information content (AvgIpc) is 3.53. The molecule has 0 radical (unpaired) electrons. The molecular formula is C31H40N6O3. The molecule has 3 aliphatic rings. The number of carbonyl (C=O) groups excluding carboxylic acids is 1. The lowest BCUT2D eigenvalue weighted by Gasteiger charge is -2.36. The van der Waals surface area contributed by atoms with Crippen molar-refractivity contribution in [2.24, 2.45) is 7.05 Å². The van der Waals surface area contributed by atoms with Crippen molar-refractivity contribution >= 4 is 17.6 Å². The van der Waals surface area contributed by atoms with Gasteiger partial charge in [0.2, 0.25) is 0 Å². The molecule has 3 aromatic rings. The van der Waals surface area contributed by atoms with Gasteiger partial charge >= 0.3 is 6.09 Å². The zero-order chi connectivity index (χ0) is 28.0. The van der Waals surface area contributed by atoms with Crippen molar-refractivity contribution in [1.82, 2.24) is 24.6 Å². The van der Waals surface area contributed by atoms with E-state index in [1.807, 2.05) is 62.1 Å². The van der Waals surface area contributed by atoms with Gasteiger partial charge < -0.3 is 19.7 Å². The van der Waals surface area contributed by atoms with E-state index in [9.17, 15) is 4.79 Å². The first-order chi connectivity index (χ1) is 19.1. The SMILES string of the molecule is Cc1cc(C2CCN([C@@H]3CCN(C(=O)OC(C)(C)C)C3)CC2)cc2c1OCc1c(-c3cnn(C)c3)ccnc1N2. The number of nitrogens with one attached hydrogen (secondary N) is 1. The Balaban J connectivity index is 1.13. The molecule has 0 bridgehead atoms. The van der Waals surface area contributed by atoms with Crippen LogP contribution in [0.5, 0.6) is 5.75 Å². The van der Waals surface area contributed by atoms with E-state index in [4.69, 9.17) is 9.47 Å². The van der Waals surface area contributed by atoms with Gasteiger partial charge in [-0.05, 0) is 94.8 Å². The topological polar surface area (TPSA) is 84.8 Å². The predicted molar refractivity (Wildman–Crippen MR) is 155 cm³/mol. The van der Waals surface area contributed by atoms with Crippen LogP contribution in [0.1, 0.15) is 62.6 Å². The van der Waals surface area contributed by atoms with Gasteiger partial charge in [0.05, 0.1) is 11.9 Å². The molecule has 2 fully saturated rings. The fraction of sp³-hybridized carbons (Fsp3) is 0.516. The van der Waals surface area contributed by atoms with Gasteiger partial charge in [-0.2, -0.15) is 5.10 Å². The van der Waals surface area contributed by atoms with Gasteiger partial charge in [0, 0.05) is 49.7 Å². The highest BCUT2D eigenvalue weighted by atomic mass is 16.6. The molecule has 40 heavy (non-hydrogen) atoms. The van der Waals surface area contributed by atoms with Crippen LogP contribution in [0.2, 0.25) is 0 Å². The fourth-order valence-corrected chi connectivity index (χ4v) is 6.30. The zero-order valence-corrected chi connectivity index (χ0v) is 24.2. The molecule has 2 saturated heterocycles. The summed E-state index contributed by atoms with van der Waals surface area (Å²) in [5, 5.41) is 7.95. The maximum Gasteiger partial charge on any atom is 0.410 e. The van der Waals surface area contributed by atoms with E-state index in [1.54, 1.807) is 0 Å². The first-order valence-corrected chi connectivity index (χ1v) is 14.4. The Kier molecular flexibility index (Phi) is 6.94. The minimum absolute atomic E-state index is 0.191. The molecule has 1 amide bonds. The van der Waals surface area contributed by atoms with E-state index < -0.39 is 5.60 Å². The van der Waals surface area contributed by atoms with Crippen molar-refractivity contribution < 1.29 is 14.3 Å². The summed E-state index contributed by atoms with van der Waals surface area (Å²) in [4.78, 5) is 21.6. The predicted octanol–water partition coefficient (Wildman–Crippen LogP) is 5.62. The number of likely N-dealkylation sites (tertiary alicyclic amines) is 2. The van der Waals surface area contributed by atoms with Crippen LogP contribution >= 0.6 is 0 Å². The van der Waals surface area contributed by atoms with Crippen molar-refractivity contribution in [3.8, 4) is 16.9 Å². The first-order valence-electron chi connectivity index (χ1n) is 14.4. The number of carbonyl (C=O) groups is 1. The largest absolute Gasteiger partial charge is 0.486 e. The normalized spacial score (nSPS) is 19.8. The fourth-order valence-electron chi connectivity index (χ4n) is 6.30. The molecule has 0 unspecified atom stereocenters. The Morgan fingerprint density at radius 2 is 1.95 bits per heavy atom. The van der Waals surface area contributed by atoms with E-state index >= 15 is 0 Å². The van der Waals surface area contributed by atoms with Crippen molar-refractivity contribution in [2.45, 2.75) is 71.1 Å². The highest BCUT2D eigenvalue weighted by Crippen LogP contribution is 2.42. The molecule has 212 valence electrons. The van der Waals surface area contributed by atoms with Crippen molar-refractivity contribution in [2.75, 3.05) is 31.5 Å². The number of aromatic nitrogens is 3. The lowest BCUT2D eigenvalue weighted by atomic mass is 9.87. The standard InChI is InChI=1S/C31H40N6O3/c1-20-14-22(21-7-11-36(12-8-21)24-9-13-37(18-24)30(38)40-31(2,3)4)15-27-28(20)39-19-26-25(6-10-32-29(26)34-27)23-16-33-35(5)17-23/h6,10,14-17,21,24H,7-9,11-13,18-19H2,1-5H3,(H,32,34)/t24-/m1/s1. The Morgan fingerprint density at radius 1 is 1.15 bits per heavy atom. The van der Waals surface area contributed by atoms with Crippen LogP contribution in [0.4, 0.5) is 16.3 Å². The van der Waals surface area contributed by atoms with Crippen LogP contribution in [0, 0.1) is 6.92 Å². The summed E-state index contributed by atoms with van der Waals surface area (Å²) in [7, 11) is 1.93. The van der Waals surface area contributed by atoms with Crippen LogP contribution in [-0.4, -0.2) is 68.5 Å². The Morgan fingerprint density at radius 3 is 2.67 bits per heavy atom. The summed E-state index contributed by atoms with van der Waals surface area (Å²) in [6.07, 6.45) is 8.76. The van der Waals surface area contributed by atoms with E-state index in [2.05, 4.69) is 39.4 Å².